The summed E-state index contributed by atoms with van der Waals surface area (Å²) >= 11 is 11.8. The van der Waals surface area contributed by atoms with Crippen LogP contribution in [0.25, 0.3) is 0 Å². The summed E-state index contributed by atoms with van der Waals surface area (Å²) in [5.74, 6) is 0.0892. The number of benzene rings is 1. The van der Waals surface area contributed by atoms with E-state index in [1.165, 1.54) is 0 Å². The van der Waals surface area contributed by atoms with Gasteiger partial charge in [0.25, 0.3) is 5.91 Å². The fourth-order valence-corrected chi connectivity index (χ4v) is 2.16. The molecule has 0 bridgehead atoms. The van der Waals surface area contributed by atoms with Gasteiger partial charge in [0.15, 0.2) is 6.10 Å². The molecule has 21 heavy (non-hydrogen) atoms. The van der Waals surface area contributed by atoms with Crippen LogP contribution in [0.1, 0.15) is 33.6 Å². The summed E-state index contributed by atoms with van der Waals surface area (Å²) in [7, 11) is 0. The minimum atomic E-state index is -0.882. The van der Waals surface area contributed by atoms with Crippen LogP contribution < -0.4 is 10.1 Å². The number of hydrogen-bond donors (Lipinski definition) is 2. The van der Waals surface area contributed by atoms with Crippen LogP contribution in [0, 0.1) is 0 Å². The molecule has 6 heteroatoms. The van der Waals surface area contributed by atoms with Gasteiger partial charge in [0.1, 0.15) is 5.75 Å². The first kappa shape index (κ1) is 18.1. The van der Waals surface area contributed by atoms with Gasteiger partial charge in [-0.15, -0.1) is 0 Å². The summed E-state index contributed by atoms with van der Waals surface area (Å²) in [6.45, 7) is 5.57. The number of hydrogen-bond acceptors (Lipinski definition) is 3. The lowest BCUT2D eigenvalue weighted by molar-refractivity contribution is -0.128. The molecule has 0 aliphatic carbocycles. The number of nitrogens with one attached hydrogen (secondary N) is 1. The maximum absolute atomic E-state index is 12.0. The molecule has 1 aromatic rings. The third kappa shape index (κ3) is 5.38. The molecule has 0 aliphatic rings. The maximum atomic E-state index is 12.0. The number of halogens is 2. The molecule has 2 N–H and O–H groups in total. The first-order valence-electron chi connectivity index (χ1n) is 6.93. The van der Waals surface area contributed by atoms with Crippen LogP contribution >= 0.6 is 23.2 Å². The van der Waals surface area contributed by atoms with Gasteiger partial charge in [-0.2, -0.15) is 0 Å². The van der Waals surface area contributed by atoms with Gasteiger partial charge in [-0.3, -0.25) is 4.79 Å². The van der Waals surface area contributed by atoms with E-state index in [-0.39, 0.29) is 12.5 Å². The highest BCUT2D eigenvalue weighted by atomic mass is 35.5. The Hall–Kier alpha value is -0.970. The summed E-state index contributed by atoms with van der Waals surface area (Å²) in [4.78, 5) is 12.0. The molecule has 0 aromatic heterocycles. The Morgan fingerprint density at radius 1 is 1.38 bits per heavy atom. The van der Waals surface area contributed by atoms with Crippen molar-refractivity contribution in [1.29, 1.82) is 0 Å². The lowest BCUT2D eigenvalue weighted by Gasteiger charge is -2.26. The first-order chi connectivity index (χ1) is 9.81. The molecule has 0 fully saturated rings. The zero-order valence-corrected chi connectivity index (χ0v) is 14.0. The van der Waals surface area contributed by atoms with Gasteiger partial charge in [-0.1, -0.05) is 37.0 Å². The van der Waals surface area contributed by atoms with Gasteiger partial charge >= 0.3 is 0 Å². The van der Waals surface area contributed by atoms with Gasteiger partial charge < -0.3 is 15.2 Å². The van der Waals surface area contributed by atoms with Gasteiger partial charge in [-0.05, 0) is 38.0 Å². The minimum Gasteiger partial charge on any atom is -0.479 e. The zero-order valence-electron chi connectivity index (χ0n) is 12.5. The van der Waals surface area contributed by atoms with Gasteiger partial charge in [-0.25, -0.2) is 0 Å². The van der Waals surface area contributed by atoms with E-state index in [9.17, 15) is 9.90 Å². The molecule has 1 atom stereocenters. The van der Waals surface area contributed by atoms with Crippen molar-refractivity contribution in [2.75, 3.05) is 6.54 Å². The van der Waals surface area contributed by atoms with Gasteiger partial charge in [0.05, 0.1) is 10.6 Å². The molecule has 4 nitrogen and oxygen atoms in total. The SMILES string of the molecule is CCC(O)(CC)CNC(=O)C(C)Oc1ccc(Cl)cc1Cl. The van der Waals surface area contributed by atoms with Crippen molar-refractivity contribution in [3.63, 3.8) is 0 Å². The lowest BCUT2D eigenvalue weighted by atomic mass is 9.97. The van der Waals surface area contributed by atoms with Crippen molar-refractivity contribution in [2.24, 2.45) is 0 Å². The first-order valence-corrected chi connectivity index (χ1v) is 7.68. The van der Waals surface area contributed by atoms with E-state index in [1.54, 1.807) is 25.1 Å². The van der Waals surface area contributed by atoms with Crippen LogP contribution in [0.4, 0.5) is 0 Å². The van der Waals surface area contributed by atoms with E-state index >= 15 is 0 Å². The molecule has 1 amide bonds. The van der Waals surface area contributed by atoms with Crippen molar-refractivity contribution in [3.8, 4) is 5.75 Å². The molecule has 0 saturated carbocycles. The Bertz CT molecular complexity index is 490. The highest BCUT2D eigenvalue weighted by Gasteiger charge is 2.24. The molecule has 1 aromatic carbocycles. The van der Waals surface area contributed by atoms with Gasteiger partial charge in [0, 0.05) is 11.6 Å². The largest absolute Gasteiger partial charge is 0.479 e. The highest BCUT2D eigenvalue weighted by Crippen LogP contribution is 2.28. The second-order valence-corrected chi connectivity index (χ2v) is 5.83. The number of carbonyl (C=O) groups excluding carboxylic acids is 1. The standard InChI is InChI=1S/C15H21Cl2NO3/c1-4-15(20,5-2)9-18-14(19)10(3)21-13-7-6-11(16)8-12(13)17/h6-8,10,20H,4-5,9H2,1-3H3,(H,18,19). The second kappa shape index (κ2) is 7.87. The Morgan fingerprint density at radius 2 is 2.00 bits per heavy atom. The number of carbonyl (C=O) groups is 1. The Morgan fingerprint density at radius 3 is 2.52 bits per heavy atom. The number of amides is 1. The van der Waals surface area contributed by atoms with E-state index < -0.39 is 11.7 Å². The number of aliphatic hydroxyl groups is 1. The van der Waals surface area contributed by atoms with E-state index in [0.29, 0.717) is 28.6 Å². The topological polar surface area (TPSA) is 58.6 Å². The predicted octanol–water partition coefficient (Wildman–Crippen LogP) is 3.43. The van der Waals surface area contributed by atoms with E-state index in [0.717, 1.165) is 0 Å². The van der Waals surface area contributed by atoms with Crippen LogP contribution in [0.15, 0.2) is 18.2 Å². The fraction of sp³-hybridized carbons (Fsp3) is 0.533. The summed E-state index contributed by atoms with van der Waals surface area (Å²) in [5, 5.41) is 13.7. The molecule has 1 rings (SSSR count). The van der Waals surface area contributed by atoms with Gasteiger partial charge in [0.2, 0.25) is 0 Å². The van der Waals surface area contributed by atoms with Crippen LogP contribution in [0.3, 0.4) is 0 Å². The average Bonchev–Trinajstić information content (AvgIpc) is 2.47. The van der Waals surface area contributed by atoms with Crippen LogP contribution in [0.5, 0.6) is 5.75 Å². The average molecular weight is 334 g/mol. The molecule has 0 saturated heterocycles. The third-order valence-electron chi connectivity index (χ3n) is 3.47. The van der Waals surface area contributed by atoms with E-state index in [1.807, 2.05) is 13.8 Å². The Labute approximate surface area is 135 Å². The fourth-order valence-electron chi connectivity index (χ4n) is 1.71. The van der Waals surface area contributed by atoms with Crippen molar-refractivity contribution in [3.05, 3.63) is 28.2 Å². The molecule has 0 radical (unpaired) electrons. The second-order valence-electron chi connectivity index (χ2n) is 4.98. The molecule has 118 valence electrons. The molecular formula is C15H21Cl2NO3. The summed E-state index contributed by atoms with van der Waals surface area (Å²) < 4.78 is 5.51. The van der Waals surface area contributed by atoms with E-state index in [2.05, 4.69) is 5.32 Å². The lowest BCUT2D eigenvalue weighted by Crippen LogP contribution is -2.46. The Balaban J connectivity index is 2.59. The predicted molar refractivity (Wildman–Crippen MR) is 85.1 cm³/mol. The van der Waals surface area contributed by atoms with Crippen molar-refractivity contribution < 1.29 is 14.6 Å². The third-order valence-corrected chi connectivity index (χ3v) is 4.01. The minimum absolute atomic E-state index is 0.195. The highest BCUT2D eigenvalue weighted by molar-refractivity contribution is 6.35. The van der Waals surface area contributed by atoms with Crippen molar-refractivity contribution in [2.45, 2.75) is 45.3 Å². The van der Waals surface area contributed by atoms with E-state index in [4.69, 9.17) is 27.9 Å². The maximum Gasteiger partial charge on any atom is 0.260 e. The number of rotatable bonds is 7. The van der Waals surface area contributed by atoms with Crippen LogP contribution in [-0.2, 0) is 4.79 Å². The molecule has 1 unspecified atom stereocenters. The molecule has 0 spiro atoms. The summed E-state index contributed by atoms with van der Waals surface area (Å²) in [5.41, 5.74) is -0.882. The van der Waals surface area contributed by atoms with Crippen LogP contribution in [0.2, 0.25) is 10.0 Å². The molecular weight excluding hydrogens is 313 g/mol. The number of ether oxygens (including phenoxy) is 1. The van der Waals surface area contributed by atoms with Crippen LogP contribution in [-0.4, -0.2) is 29.3 Å². The quantitative estimate of drug-likeness (QED) is 0.803. The normalized spacial score (nSPS) is 12.9. The Kier molecular flexibility index (Phi) is 6.78. The summed E-state index contributed by atoms with van der Waals surface area (Å²) in [6.07, 6.45) is 0.422. The molecule has 0 heterocycles. The molecule has 0 aliphatic heterocycles. The monoisotopic (exact) mass is 333 g/mol. The smallest absolute Gasteiger partial charge is 0.260 e. The van der Waals surface area contributed by atoms with Crippen molar-refractivity contribution in [1.82, 2.24) is 5.32 Å². The summed E-state index contributed by atoms with van der Waals surface area (Å²) in [6, 6.07) is 4.80. The van der Waals surface area contributed by atoms with Crippen molar-refractivity contribution >= 4 is 29.1 Å². The zero-order chi connectivity index (χ0) is 16.0.